The van der Waals surface area contributed by atoms with Crippen molar-refractivity contribution in [2.75, 3.05) is 12.4 Å². The standard InChI is InChI=1S/C15H21ClFN/c1-12-6-7-14(17)10-13(12)11-18(9-3-8-16)15-4-2-5-15/h6-7,10,15H,2-5,8-9,11H2,1H3. The Morgan fingerprint density at radius 1 is 1.39 bits per heavy atom. The highest BCUT2D eigenvalue weighted by Crippen LogP contribution is 2.27. The van der Waals surface area contributed by atoms with Crippen LogP contribution in [0.2, 0.25) is 0 Å². The molecule has 2 rings (SSSR count). The number of rotatable bonds is 6. The van der Waals surface area contributed by atoms with Gasteiger partial charge in [0.2, 0.25) is 0 Å². The third-order valence-electron chi connectivity index (χ3n) is 3.85. The van der Waals surface area contributed by atoms with Crippen molar-refractivity contribution >= 4 is 11.6 Å². The minimum atomic E-state index is -0.137. The first-order valence-corrected chi connectivity index (χ1v) is 7.29. The summed E-state index contributed by atoms with van der Waals surface area (Å²) in [6.07, 6.45) is 4.88. The van der Waals surface area contributed by atoms with Crippen LogP contribution in [0, 0.1) is 12.7 Å². The highest BCUT2D eigenvalue weighted by atomic mass is 35.5. The predicted octanol–water partition coefficient (Wildman–Crippen LogP) is 4.12. The summed E-state index contributed by atoms with van der Waals surface area (Å²) in [5, 5.41) is 0. The van der Waals surface area contributed by atoms with Crippen molar-refractivity contribution in [1.82, 2.24) is 4.90 Å². The summed E-state index contributed by atoms with van der Waals surface area (Å²) < 4.78 is 13.3. The van der Waals surface area contributed by atoms with Gasteiger partial charge >= 0.3 is 0 Å². The van der Waals surface area contributed by atoms with Gasteiger partial charge in [-0.25, -0.2) is 4.39 Å². The molecular weight excluding hydrogens is 249 g/mol. The van der Waals surface area contributed by atoms with E-state index in [0.717, 1.165) is 25.1 Å². The lowest BCUT2D eigenvalue weighted by Gasteiger charge is -2.38. The molecule has 100 valence electrons. The van der Waals surface area contributed by atoms with Gasteiger partial charge in [0.1, 0.15) is 5.82 Å². The van der Waals surface area contributed by atoms with Gasteiger partial charge < -0.3 is 0 Å². The molecule has 0 N–H and O–H groups in total. The highest BCUT2D eigenvalue weighted by Gasteiger charge is 2.24. The lowest BCUT2D eigenvalue weighted by molar-refractivity contribution is 0.119. The van der Waals surface area contributed by atoms with Crippen molar-refractivity contribution in [3.8, 4) is 0 Å². The summed E-state index contributed by atoms with van der Waals surface area (Å²) in [7, 11) is 0. The van der Waals surface area contributed by atoms with Gasteiger partial charge in [-0.2, -0.15) is 0 Å². The Bertz CT molecular complexity index is 390. The summed E-state index contributed by atoms with van der Waals surface area (Å²) in [6, 6.07) is 5.74. The van der Waals surface area contributed by atoms with Gasteiger partial charge in [0.25, 0.3) is 0 Å². The van der Waals surface area contributed by atoms with Gasteiger partial charge in [0.05, 0.1) is 0 Å². The summed E-state index contributed by atoms with van der Waals surface area (Å²) in [5.74, 6) is 0.562. The number of hydrogen-bond donors (Lipinski definition) is 0. The second-order valence-corrected chi connectivity index (χ2v) is 5.55. The van der Waals surface area contributed by atoms with E-state index < -0.39 is 0 Å². The Labute approximate surface area is 114 Å². The molecule has 0 radical (unpaired) electrons. The maximum absolute atomic E-state index is 13.3. The molecule has 0 aromatic heterocycles. The molecule has 0 amide bonds. The first kappa shape index (κ1) is 13.8. The van der Waals surface area contributed by atoms with E-state index in [1.54, 1.807) is 6.07 Å². The first-order valence-electron chi connectivity index (χ1n) is 6.75. The van der Waals surface area contributed by atoms with Crippen LogP contribution in [0.5, 0.6) is 0 Å². The molecule has 1 nitrogen and oxygen atoms in total. The van der Waals surface area contributed by atoms with Gasteiger partial charge in [0.15, 0.2) is 0 Å². The van der Waals surface area contributed by atoms with E-state index in [1.807, 2.05) is 6.07 Å². The largest absolute Gasteiger partial charge is 0.296 e. The molecule has 18 heavy (non-hydrogen) atoms. The average Bonchev–Trinajstić information content (AvgIpc) is 2.28. The minimum absolute atomic E-state index is 0.137. The smallest absolute Gasteiger partial charge is 0.123 e. The van der Waals surface area contributed by atoms with E-state index in [1.165, 1.54) is 30.9 Å². The zero-order chi connectivity index (χ0) is 13.0. The lowest BCUT2D eigenvalue weighted by atomic mass is 9.90. The van der Waals surface area contributed by atoms with E-state index in [2.05, 4.69) is 11.8 Å². The number of benzene rings is 1. The van der Waals surface area contributed by atoms with E-state index in [0.29, 0.717) is 11.9 Å². The lowest BCUT2D eigenvalue weighted by Crippen LogP contribution is -2.40. The molecule has 0 saturated heterocycles. The molecule has 0 spiro atoms. The van der Waals surface area contributed by atoms with E-state index in [-0.39, 0.29) is 5.82 Å². The molecule has 0 heterocycles. The number of nitrogens with zero attached hydrogens (tertiary/aromatic N) is 1. The fraction of sp³-hybridized carbons (Fsp3) is 0.600. The Balaban J connectivity index is 2.04. The molecule has 0 bridgehead atoms. The maximum atomic E-state index is 13.3. The number of halogens is 2. The second kappa shape index (κ2) is 6.53. The predicted molar refractivity (Wildman–Crippen MR) is 74.5 cm³/mol. The van der Waals surface area contributed by atoms with Crippen LogP contribution in [0.1, 0.15) is 36.8 Å². The fourth-order valence-electron chi connectivity index (χ4n) is 2.43. The first-order chi connectivity index (χ1) is 8.70. The average molecular weight is 270 g/mol. The second-order valence-electron chi connectivity index (χ2n) is 5.17. The van der Waals surface area contributed by atoms with Crippen molar-refractivity contribution in [3.05, 3.63) is 35.1 Å². The zero-order valence-electron chi connectivity index (χ0n) is 11.0. The van der Waals surface area contributed by atoms with Crippen LogP contribution in [-0.2, 0) is 6.54 Å². The van der Waals surface area contributed by atoms with E-state index >= 15 is 0 Å². The van der Waals surface area contributed by atoms with Crippen LogP contribution in [0.3, 0.4) is 0 Å². The molecule has 1 fully saturated rings. The van der Waals surface area contributed by atoms with Crippen LogP contribution in [0.25, 0.3) is 0 Å². The Kier molecular flexibility index (Phi) is 5.02. The van der Waals surface area contributed by atoms with Crippen LogP contribution in [0.4, 0.5) is 4.39 Å². The van der Waals surface area contributed by atoms with Crippen molar-refractivity contribution in [3.63, 3.8) is 0 Å². The van der Waals surface area contributed by atoms with Crippen molar-refractivity contribution < 1.29 is 4.39 Å². The summed E-state index contributed by atoms with van der Waals surface area (Å²) in [4.78, 5) is 2.47. The quantitative estimate of drug-likeness (QED) is 0.703. The van der Waals surface area contributed by atoms with Crippen LogP contribution >= 0.6 is 11.6 Å². The van der Waals surface area contributed by atoms with Crippen molar-refractivity contribution in [2.24, 2.45) is 0 Å². The number of alkyl halides is 1. The monoisotopic (exact) mass is 269 g/mol. The molecular formula is C15H21ClFN. The fourth-order valence-corrected chi connectivity index (χ4v) is 2.55. The third kappa shape index (κ3) is 3.46. The number of hydrogen-bond acceptors (Lipinski definition) is 1. The molecule has 1 aromatic carbocycles. The van der Waals surface area contributed by atoms with Crippen LogP contribution in [-0.4, -0.2) is 23.4 Å². The van der Waals surface area contributed by atoms with E-state index in [9.17, 15) is 4.39 Å². The SMILES string of the molecule is Cc1ccc(F)cc1CN(CCCCl)C1CCC1. The minimum Gasteiger partial charge on any atom is -0.296 e. The zero-order valence-corrected chi connectivity index (χ0v) is 11.7. The van der Waals surface area contributed by atoms with Gasteiger partial charge in [-0.15, -0.1) is 11.6 Å². The van der Waals surface area contributed by atoms with Crippen LogP contribution < -0.4 is 0 Å². The van der Waals surface area contributed by atoms with Crippen LogP contribution in [0.15, 0.2) is 18.2 Å². The molecule has 1 saturated carbocycles. The normalized spacial score (nSPS) is 16.0. The Morgan fingerprint density at radius 3 is 2.78 bits per heavy atom. The molecule has 0 aliphatic heterocycles. The van der Waals surface area contributed by atoms with Gasteiger partial charge in [-0.3, -0.25) is 4.90 Å². The van der Waals surface area contributed by atoms with Gasteiger partial charge in [-0.05, 0) is 56.0 Å². The summed E-state index contributed by atoms with van der Waals surface area (Å²) in [5.41, 5.74) is 2.28. The van der Waals surface area contributed by atoms with Crippen molar-refractivity contribution in [2.45, 2.75) is 45.2 Å². The molecule has 0 atom stereocenters. The van der Waals surface area contributed by atoms with E-state index in [4.69, 9.17) is 11.6 Å². The van der Waals surface area contributed by atoms with Crippen molar-refractivity contribution in [1.29, 1.82) is 0 Å². The summed E-state index contributed by atoms with van der Waals surface area (Å²) in [6.45, 7) is 3.92. The molecule has 1 aliphatic rings. The molecule has 1 aromatic rings. The third-order valence-corrected chi connectivity index (χ3v) is 4.12. The Hall–Kier alpha value is -0.600. The molecule has 3 heteroatoms. The summed E-state index contributed by atoms with van der Waals surface area (Å²) >= 11 is 5.78. The topological polar surface area (TPSA) is 3.24 Å². The molecule has 1 aliphatic carbocycles. The number of aryl methyl sites for hydroxylation is 1. The molecule has 0 unspecified atom stereocenters. The van der Waals surface area contributed by atoms with Gasteiger partial charge in [-0.1, -0.05) is 12.5 Å². The Morgan fingerprint density at radius 2 is 2.17 bits per heavy atom. The highest BCUT2D eigenvalue weighted by molar-refractivity contribution is 6.17. The maximum Gasteiger partial charge on any atom is 0.123 e. The van der Waals surface area contributed by atoms with Gasteiger partial charge in [0, 0.05) is 18.5 Å².